The van der Waals surface area contributed by atoms with Gasteiger partial charge in [0.2, 0.25) is 0 Å². The molecule has 0 saturated heterocycles. The lowest BCUT2D eigenvalue weighted by Crippen LogP contribution is -2.34. The fourth-order valence-electron chi connectivity index (χ4n) is 2.84. The molecule has 1 aromatic carbocycles. The van der Waals surface area contributed by atoms with Crippen LogP contribution >= 0.6 is 11.6 Å². The van der Waals surface area contributed by atoms with Crippen molar-refractivity contribution >= 4 is 28.2 Å². The molecule has 3 rings (SSSR count). The summed E-state index contributed by atoms with van der Waals surface area (Å²) in [4.78, 5) is 4.35. The molecule has 2 atom stereocenters. The van der Waals surface area contributed by atoms with Crippen molar-refractivity contribution in [3.8, 4) is 0 Å². The number of pyridine rings is 1. The Morgan fingerprint density at radius 2 is 2.16 bits per heavy atom. The third kappa shape index (κ3) is 2.67. The van der Waals surface area contributed by atoms with Crippen LogP contribution in [0.15, 0.2) is 30.5 Å². The van der Waals surface area contributed by atoms with Crippen molar-refractivity contribution in [2.24, 2.45) is 5.73 Å². The van der Waals surface area contributed by atoms with Crippen LogP contribution in [0.1, 0.15) is 25.7 Å². The number of hydrogen-bond donors (Lipinski definition) is 2. The summed E-state index contributed by atoms with van der Waals surface area (Å²) in [5, 5.41) is 5.38. The Balaban J connectivity index is 1.90. The first kappa shape index (κ1) is 12.7. The molecule has 4 heteroatoms. The zero-order valence-electron chi connectivity index (χ0n) is 10.8. The van der Waals surface area contributed by atoms with Crippen molar-refractivity contribution in [1.82, 2.24) is 4.98 Å². The first-order chi connectivity index (χ1) is 9.24. The predicted octanol–water partition coefficient (Wildman–Crippen LogP) is 3.57. The van der Waals surface area contributed by atoms with Gasteiger partial charge in [0.25, 0.3) is 0 Å². The Hall–Kier alpha value is -1.32. The number of rotatable bonds is 2. The summed E-state index contributed by atoms with van der Waals surface area (Å²) in [6.45, 7) is 0. The molecule has 3 nitrogen and oxygen atoms in total. The Kier molecular flexibility index (Phi) is 3.58. The molecule has 0 bridgehead atoms. The van der Waals surface area contributed by atoms with Crippen molar-refractivity contribution in [1.29, 1.82) is 0 Å². The maximum Gasteiger partial charge on any atom is 0.0908 e. The minimum atomic E-state index is 0.322. The Morgan fingerprint density at radius 3 is 3.00 bits per heavy atom. The summed E-state index contributed by atoms with van der Waals surface area (Å²) >= 11 is 6.18. The van der Waals surface area contributed by atoms with Crippen molar-refractivity contribution in [3.63, 3.8) is 0 Å². The third-order valence-corrected chi connectivity index (χ3v) is 4.10. The smallest absolute Gasteiger partial charge is 0.0908 e. The van der Waals surface area contributed by atoms with E-state index in [1.54, 1.807) is 6.20 Å². The summed E-state index contributed by atoms with van der Waals surface area (Å²) in [6.07, 6.45) is 6.32. The van der Waals surface area contributed by atoms with Gasteiger partial charge in [-0.05, 0) is 49.9 Å². The average molecular weight is 276 g/mol. The molecule has 1 aliphatic carbocycles. The average Bonchev–Trinajstić information content (AvgIpc) is 2.42. The zero-order chi connectivity index (χ0) is 13.2. The molecule has 1 saturated carbocycles. The highest BCUT2D eigenvalue weighted by atomic mass is 35.5. The van der Waals surface area contributed by atoms with Crippen LogP contribution in [0.5, 0.6) is 0 Å². The van der Waals surface area contributed by atoms with Gasteiger partial charge >= 0.3 is 0 Å². The number of benzene rings is 1. The molecule has 1 fully saturated rings. The van der Waals surface area contributed by atoms with E-state index >= 15 is 0 Å². The lowest BCUT2D eigenvalue weighted by atomic mass is 9.91. The van der Waals surface area contributed by atoms with Gasteiger partial charge in [-0.3, -0.25) is 4.98 Å². The normalized spacial score (nSPS) is 23.5. The quantitative estimate of drug-likeness (QED) is 0.881. The largest absolute Gasteiger partial charge is 0.382 e. The monoisotopic (exact) mass is 275 g/mol. The molecule has 19 heavy (non-hydrogen) atoms. The minimum absolute atomic E-state index is 0.322. The topological polar surface area (TPSA) is 50.9 Å². The first-order valence-corrected chi connectivity index (χ1v) is 7.17. The van der Waals surface area contributed by atoms with Crippen LogP contribution in [0.25, 0.3) is 10.9 Å². The van der Waals surface area contributed by atoms with E-state index in [0.29, 0.717) is 17.1 Å². The van der Waals surface area contributed by atoms with Gasteiger partial charge < -0.3 is 11.1 Å². The maximum atomic E-state index is 6.18. The standard InChI is InChI=1S/C15H18ClN3/c16-13-6-7-14(12-5-2-8-18-15(12)13)19-11-4-1-3-10(17)9-11/h2,5-8,10-11,19H,1,3-4,9,17H2. The van der Waals surface area contributed by atoms with Crippen LogP contribution in [0, 0.1) is 0 Å². The lowest BCUT2D eigenvalue weighted by Gasteiger charge is -2.28. The molecule has 1 aliphatic rings. The van der Waals surface area contributed by atoms with Gasteiger partial charge in [0.05, 0.1) is 10.5 Å². The number of nitrogens with zero attached hydrogens (tertiary/aromatic N) is 1. The molecule has 0 aliphatic heterocycles. The molecule has 0 amide bonds. The van der Waals surface area contributed by atoms with E-state index in [1.165, 1.54) is 12.8 Å². The first-order valence-electron chi connectivity index (χ1n) is 6.79. The summed E-state index contributed by atoms with van der Waals surface area (Å²) in [6, 6.07) is 8.71. The third-order valence-electron chi connectivity index (χ3n) is 3.79. The zero-order valence-corrected chi connectivity index (χ0v) is 11.5. The van der Waals surface area contributed by atoms with Crippen LogP contribution in [0.4, 0.5) is 5.69 Å². The SMILES string of the molecule is NC1CCCC(Nc2ccc(Cl)c3ncccc23)C1. The van der Waals surface area contributed by atoms with Gasteiger partial charge in [0.15, 0.2) is 0 Å². The summed E-state index contributed by atoms with van der Waals surface area (Å²) < 4.78 is 0. The van der Waals surface area contributed by atoms with Crippen LogP contribution < -0.4 is 11.1 Å². The second kappa shape index (κ2) is 5.35. The number of halogens is 1. The Morgan fingerprint density at radius 1 is 1.26 bits per heavy atom. The van der Waals surface area contributed by atoms with E-state index in [4.69, 9.17) is 17.3 Å². The Bertz CT molecular complexity index is 585. The molecule has 100 valence electrons. The fraction of sp³-hybridized carbons (Fsp3) is 0.400. The summed E-state index contributed by atoms with van der Waals surface area (Å²) in [7, 11) is 0. The van der Waals surface area contributed by atoms with Gasteiger partial charge in [-0.15, -0.1) is 0 Å². The van der Waals surface area contributed by atoms with Gasteiger partial charge in [-0.2, -0.15) is 0 Å². The minimum Gasteiger partial charge on any atom is -0.382 e. The van der Waals surface area contributed by atoms with Crippen LogP contribution in [0.2, 0.25) is 5.02 Å². The van der Waals surface area contributed by atoms with Gasteiger partial charge in [-0.25, -0.2) is 0 Å². The van der Waals surface area contributed by atoms with E-state index < -0.39 is 0 Å². The van der Waals surface area contributed by atoms with Crippen LogP contribution in [-0.2, 0) is 0 Å². The van der Waals surface area contributed by atoms with E-state index in [2.05, 4.69) is 16.4 Å². The second-order valence-electron chi connectivity index (χ2n) is 5.26. The molecule has 2 unspecified atom stereocenters. The molecule has 0 radical (unpaired) electrons. The molecule has 0 spiro atoms. The number of fused-ring (bicyclic) bond motifs is 1. The van der Waals surface area contributed by atoms with Gasteiger partial charge in [0.1, 0.15) is 0 Å². The molecule has 3 N–H and O–H groups in total. The van der Waals surface area contributed by atoms with Crippen LogP contribution in [-0.4, -0.2) is 17.1 Å². The number of aromatic nitrogens is 1. The molecular formula is C15H18ClN3. The molecule has 1 heterocycles. The number of nitrogens with two attached hydrogens (primary N) is 1. The van der Waals surface area contributed by atoms with E-state index in [-0.39, 0.29) is 0 Å². The number of anilines is 1. The maximum absolute atomic E-state index is 6.18. The lowest BCUT2D eigenvalue weighted by molar-refractivity contribution is 0.410. The highest BCUT2D eigenvalue weighted by Gasteiger charge is 2.19. The number of nitrogens with one attached hydrogen (secondary N) is 1. The summed E-state index contributed by atoms with van der Waals surface area (Å²) in [5.41, 5.74) is 8.00. The van der Waals surface area contributed by atoms with E-state index in [1.807, 2.05) is 18.2 Å². The fourth-order valence-corrected chi connectivity index (χ4v) is 3.06. The van der Waals surface area contributed by atoms with Gasteiger partial charge in [0, 0.05) is 29.4 Å². The molecular weight excluding hydrogens is 258 g/mol. The van der Waals surface area contributed by atoms with Crippen molar-refractivity contribution in [3.05, 3.63) is 35.5 Å². The highest BCUT2D eigenvalue weighted by Crippen LogP contribution is 2.30. The summed E-state index contributed by atoms with van der Waals surface area (Å²) in [5.74, 6) is 0. The van der Waals surface area contributed by atoms with E-state index in [9.17, 15) is 0 Å². The van der Waals surface area contributed by atoms with Crippen LogP contribution in [0.3, 0.4) is 0 Å². The van der Waals surface area contributed by atoms with E-state index in [0.717, 1.165) is 29.4 Å². The van der Waals surface area contributed by atoms with Crippen molar-refractivity contribution in [2.45, 2.75) is 37.8 Å². The van der Waals surface area contributed by atoms with Crippen molar-refractivity contribution < 1.29 is 0 Å². The number of hydrogen-bond acceptors (Lipinski definition) is 3. The predicted molar refractivity (Wildman–Crippen MR) is 80.6 cm³/mol. The molecule has 2 aromatic rings. The highest BCUT2D eigenvalue weighted by molar-refractivity contribution is 6.35. The Labute approximate surface area is 118 Å². The molecule has 1 aromatic heterocycles. The van der Waals surface area contributed by atoms with Crippen molar-refractivity contribution in [2.75, 3.05) is 5.32 Å². The second-order valence-corrected chi connectivity index (χ2v) is 5.67. The van der Waals surface area contributed by atoms with Gasteiger partial charge in [-0.1, -0.05) is 11.6 Å².